The summed E-state index contributed by atoms with van der Waals surface area (Å²) >= 11 is 0. The van der Waals surface area contributed by atoms with E-state index in [1.807, 2.05) is 6.07 Å². The number of benzene rings is 1. The molecule has 1 aliphatic carbocycles. The second kappa shape index (κ2) is 4.34. The van der Waals surface area contributed by atoms with Crippen molar-refractivity contribution in [1.82, 2.24) is 9.55 Å². The molecule has 1 aromatic carbocycles. The molecule has 1 heterocycles. The number of nitrogens with two attached hydrogens (primary N) is 1. The molecule has 0 aliphatic heterocycles. The third-order valence-corrected chi connectivity index (χ3v) is 3.50. The van der Waals surface area contributed by atoms with Crippen molar-refractivity contribution in [2.24, 2.45) is 5.73 Å². The van der Waals surface area contributed by atoms with E-state index in [2.05, 4.69) is 40.0 Å². The van der Waals surface area contributed by atoms with Crippen LogP contribution in [0.25, 0.3) is 5.69 Å². The Morgan fingerprint density at radius 1 is 1.24 bits per heavy atom. The maximum Gasteiger partial charge on any atom is 0.116 e. The number of nitrogens with zero attached hydrogens (tertiary/aromatic N) is 2. The van der Waals surface area contributed by atoms with E-state index >= 15 is 0 Å². The number of para-hydroxylation sites is 1. The van der Waals surface area contributed by atoms with Gasteiger partial charge in [0, 0.05) is 24.3 Å². The normalized spacial score (nSPS) is 15.8. The first-order chi connectivity index (χ1) is 8.38. The van der Waals surface area contributed by atoms with Crippen molar-refractivity contribution in [3.63, 3.8) is 0 Å². The molecule has 88 valence electrons. The van der Waals surface area contributed by atoms with E-state index in [9.17, 15) is 0 Å². The summed E-state index contributed by atoms with van der Waals surface area (Å²) < 4.78 is 2.20. The number of hydrogen-bond donors (Lipinski definition) is 1. The molecule has 0 atom stereocenters. The Kier molecular flexibility index (Phi) is 2.69. The fourth-order valence-electron chi connectivity index (χ4n) is 2.29. The molecule has 17 heavy (non-hydrogen) atoms. The van der Waals surface area contributed by atoms with Crippen molar-refractivity contribution in [2.45, 2.75) is 31.7 Å². The van der Waals surface area contributed by atoms with Crippen molar-refractivity contribution < 1.29 is 0 Å². The minimum absolute atomic E-state index is 0.513. The summed E-state index contributed by atoms with van der Waals surface area (Å²) in [5, 5.41) is 0. The molecule has 0 amide bonds. The topological polar surface area (TPSA) is 43.8 Å². The Bertz CT molecular complexity index is 497. The first-order valence-corrected chi connectivity index (χ1v) is 6.22. The van der Waals surface area contributed by atoms with Gasteiger partial charge in [0.15, 0.2) is 0 Å². The smallest absolute Gasteiger partial charge is 0.116 e. The molecule has 0 radical (unpaired) electrons. The van der Waals surface area contributed by atoms with E-state index in [4.69, 9.17) is 5.73 Å². The van der Waals surface area contributed by atoms with Crippen LogP contribution in [-0.2, 0) is 6.54 Å². The van der Waals surface area contributed by atoms with Gasteiger partial charge in [0.1, 0.15) is 5.82 Å². The van der Waals surface area contributed by atoms with E-state index in [0.717, 1.165) is 5.69 Å². The second-order valence-corrected chi connectivity index (χ2v) is 4.63. The maximum atomic E-state index is 5.69. The van der Waals surface area contributed by atoms with Crippen LogP contribution in [0.4, 0.5) is 0 Å². The standard InChI is InChI=1S/C14H17N3/c15-9-12-10-17(13-7-2-1-3-8-13)14(16-12)11-5-4-6-11/h1-3,7-8,10-11H,4-6,9,15H2. The molecule has 0 spiro atoms. The number of hydrogen-bond acceptors (Lipinski definition) is 2. The number of aromatic nitrogens is 2. The lowest BCUT2D eigenvalue weighted by Crippen LogP contribution is -2.14. The van der Waals surface area contributed by atoms with Gasteiger partial charge in [-0.3, -0.25) is 0 Å². The predicted octanol–water partition coefficient (Wildman–Crippen LogP) is 2.60. The maximum absolute atomic E-state index is 5.69. The summed E-state index contributed by atoms with van der Waals surface area (Å²) in [4.78, 5) is 4.67. The van der Waals surface area contributed by atoms with Crippen LogP contribution < -0.4 is 5.73 Å². The summed E-state index contributed by atoms with van der Waals surface area (Å²) in [5.41, 5.74) is 7.86. The molecule has 0 unspecified atom stereocenters. The first-order valence-electron chi connectivity index (χ1n) is 6.22. The van der Waals surface area contributed by atoms with Crippen molar-refractivity contribution in [3.8, 4) is 5.69 Å². The van der Waals surface area contributed by atoms with E-state index < -0.39 is 0 Å². The molecule has 2 aromatic rings. The number of imidazole rings is 1. The minimum atomic E-state index is 0.513. The quantitative estimate of drug-likeness (QED) is 0.876. The molecule has 1 aromatic heterocycles. The van der Waals surface area contributed by atoms with Gasteiger partial charge in [-0.15, -0.1) is 0 Å². The van der Waals surface area contributed by atoms with Crippen LogP contribution in [0.3, 0.4) is 0 Å². The Balaban J connectivity index is 2.05. The highest BCUT2D eigenvalue weighted by atomic mass is 15.1. The molecular weight excluding hydrogens is 210 g/mol. The summed E-state index contributed by atoms with van der Waals surface area (Å²) in [5.74, 6) is 1.80. The molecule has 1 fully saturated rings. The van der Waals surface area contributed by atoms with E-state index in [0.29, 0.717) is 12.5 Å². The Morgan fingerprint density at radius 3 is 2.59 bits per heavy atom. The van der Waals surface area contributed by atoms with Gasteiger partial charge in [0.05, 0.1) is 5.69 Å². The monoisotopic (exact) mass is 227 g/mol. The third kappa shape index (κ3) is 1.87. The fraction of sp³-hybridized carbons (Fsp3) is 0.357. The van der Waals surface area contributed by atoms with Gasteiger partial charge in [-0.05, 0) is 25.0 Å². The van der Waals surface area contributed by atoms with Crippen molar-refractivity contribution in [1.29, 1.82) is 0 Å². The lowest BCUT2D eigenvalue weighted by atomic mass is 9.85. The summed E-state index contributed by atoms with van der Waals surface area (Å²) in [6, 6.07) is 10.4. The van der Waals surface area contributed by atoms with Crippen molar-refractivity contribution >= 4 is 0 Å². The molecule has 3 heteroatoms. The fourth-order valence-corrected chi connectivity index (χ4v) is 2.29. The molecule has 0 saturated heterocycles. The van der Waals surface area contributed by atoms with Gasteiger partial charge in [0.25, 0.3) is 0 Å². The molecule has 1 saturated carbocycles. The zero-order valence-electron chi connectivity index (χ0n) is 9.84. The van der Waals surface area contributed by atoms with Crippen LogP contribution in [0.15, 0.2) is 36.5 Å². The van der Waals surface area contributed by atoms with Crippen molar-refractivity contribution in [2.75, 3.05) is 0 Å². The van der Waals surface area contributed by atoms with Gasteiger partial charge >= 0.3 is 0 Å². The van der Waals surface area contributed by atoms with E-state index in [1.165, 1.54) is 30.8 Å². The van der Waals surface area contributed by atoms with Crippen LogP contribution in [0.2, 0.25) is 0 Å². The molecule has 0 bridgehead atoms. The zero-order valence-corrected chi connectivity index (χ0v) is 9.84. The van der Waals surface area contributed by atoms with Crippen LogP contribution in [-0.4, -0.2) is 9.55 Å². The zero-order chi connectivity index (χ0) is 11.7. The Morgan fingerprint density at radius 2 is 2.00 bits per heavy atom. The highest BCUT2D eigenvalue weighted by molar-refractivity contribution is 5.35. The van der Waals surface area contributed by atoms with Crippen LogP contribution in [0.5, 0.6) is 0 Å². The summed E-state index contributed by atoms with van der Waals surface area (Å²) in [6.07, 6.45) is 5.91. The van der Waals surface area contributed by atoms with Crippen LogP contribution >= 0.6 is 0 Å². The highest BCUT2D eigenvalue weighted by Crippen LogP contribution is 2.36. The van der Waals surface area contributed by atoms with Crippen LogP contribution in [0.1, 0.15) is 36.7 Å². The molecule has 1 aliphatic rings. The van der Waals surface area contributed by atoms with Gasteiger partial charge in [0.2, 0.25) is 0 Å². The number of rotatable bonds is 3. The average Bonchev–Trinajstić information content (AvgIpc) is 2.72. The lowest BCUT2D eigenvalue weighted by Gasteiger charge is -2.25. The molecule has 2 N–H and O–H groups in total. The van der Waals surface area contributed by atoms with Crippen molar-refractivity contribution in [3.05, 3.63) is 48.0 Å². The minimum Gasteiger partial charge on any atom is -0.325 e. The lowest BCUT2D eigenvalue weighted by molar-refractivity contribution is 0.397. The van der Waals surface area contributed by atoms with E-state index in [1.54, 1.807) is 0 Å². The summed E-state index contributed by atoms with van der Waals surface area (Å²) in [7, 11) is 0. The highest BCUT2D eigenvalue weighted by Gasteiger charge is 2.25. The second-order valence-electron chi connectivity index (χ2n) is 4.63. The predicted molar refractivity (Wildman–Crippen MR) is 68.0 cm³/mol. The molecular formula is C14H17N3. The summed E-state index contributed by atoms with van der Waals surface area (Å²) in [6.45, 7) is 0.513. The van der Waals surface area contributed by atoms with Gasteiger partial charge in [-0.25, -0.2) is 4.98 Å². The van der Waals surface area contributed by atoms with Gasteiger partial charge < -0.3 is 10.3 Å². The third-order valence-electron chi connectivity index (χ3n) is 3.50. The Hall–Kier alpha value is -1.61. The largest absolute Gasteiger partial charge is 0.325 e. The van der Waals surface area contributed by atoms with E-state index in [-0.39, 0.29) is 0 Å². The first kappa shape index (κ1) is 10.5. The SMILES string of the molecule is NCc1cn(-c2ccccc2)c(C2CCC2)n1. The molecule has 3 nitrogen and oxygen atoms in total. The van der Waals surface area contributed by atoms with Gasteiger partial charge in [-0.2, -0.15) is 0 Å². The average molecular weight is 227 g/mol. The Labute approximate surface area is 101 Å². The van der Waals surface area contributed by atoms with Gasteiger partial charge in [-0.1, -0.05) is 24.6 Å². The van der Waals surface area contributed by atoms with Crippen LogP contribution in [0, 0.1) is 0 Å². The molecule has 3 rings (SSSR count).